The van der Waals surface area contributed by atoms with Gasteiger partial charge in [0.1, 0.15) is 5.82 Å². The number of hydrogen-bond acceptors (Lipinski definition) is 3. The van der Waals surface area contributed by atoms with Gasteiger partial charge in [-0.2, -0.15) is 0 Å². The summed E-state index contributed by atoms with van der Waals surface area (Å²) in [5.74, 6) is 1.01. The number of para-hydroxylation sites is 1. The molecule has 0 fully saturated rings. The summed E-state index contributed by atoms with van der Waals surface area (Å²) in [6.07, 6.45) is 0. The maximum absolute atomic E-state index is 6.26. The van der Waals surface area contributed by atoms with Crippen LogP contribution in [-0.2, 0) is 6.54 Å². The van der Waals surface area contributed by atoms with E-state index in [0.717, 1.165) is 43.8 Å². The Morgan fingerprint density at radius 2 is 1.65 bits per heavy atom. The molecule has 0 saturated carbocycles. The molecule has 0 amide bonds. The normalized spacial score (nSPS) is 12.7. The van der Waals surface area contributed by atoms with Crippen molar-refractivity contribution in [3.63, 3.8) is 0 Å². The van der Waals surface area contributed by atoms with E-state index < -0.39 is 0 Å². The van der Waals surface area contributed by atoms with E-state index in [0.29, 0.717) is 0 Å². The van der Waals surface area contributed by atoms with Gasteiger partial charge in [0.25, 0.3) is 0 Å². The number of pyridine rings is 1. The van der Waals surface area contributed by atoms with Crippen molar-refractivity contribution in [1.29, 1.82) is 0 Å². The summed E-state index contributed by atoms with van der Waals surface area (Å²) in [6, 6.07) is 27.1. The average molecular weight is 375 g/mol. The first-order chi connectivity index (χ1) is 12.8. The molecule has 0 spiro atoms. The number of anilines is 2. The van der Waals surface area contributed by atoms with E-state index in [2.05, 4.69) is 59.5 Å². The maximum atomic E-state index is 6.26. The van der Waals surface area contributed by atoms with E-state index in [-0.39, 0.29) is 0 Å². The minimum absolute atomic E-state index is 0.758. The molecule has 4 aromatic rings. The number of nitrogens with zero attached hydrogens (tertiary/aromatic N) is 2. The Hall–Kier alpha value is -2.49. The van der Waals surface area contributed by atoms with E-state index in [9.17, 15) is 0 Å². The highest BCUT2D eigenvalue weighted by Gasteiger charge is 2.25. The van der Waals surface area contributed by atoms with Gasteiger partial charge in [-0.25, -0.2) is 4.98 Å². The van der Waals surface area contributed by atoms with Crippen LogP contribution in [-0.4, -0.2) is 4.98 Å². The Morgan fingerprint density at radius 1 is 0.846 bits per heavy atom. The molecule has 0 N–H and O–H groups in total. The van der Waals surface area contributed by atoms with Crippen LogP contribution < -0.4 is 4.90 Å². The Balaban J connectivity index is 1.70. The third-order valence-electron chi connectivity index (χ3n) is 4.54. The van der Waals surface area contributed by atoms with Gasteiger partial charge in [-0.1, -0.05) is 71.9 Å². The third-order valence-corrected chi connectivity index (χ3v) is 5.84. The van der Waals surface area contributed by atoms with Crippen molar-refractivity contribution in [2.24, 2.45) is 0 Å². The number of halogens is 1. The summed E-state index contributed by atoms with van der Waals surface area (Å²) < 4.78 is 0. The van der Waals surface area contributed by atoms with Crippen LogP contribution in [0, 0.1) is 0 Å². The quantitative estimate of drug-likeness (QED) is 0.388. The van der Waals surface area contributed by atoms with E-state index in [1.54, 1.807) is 11.8 Å². The van der Waals surface area contributed by atoms with Crippen molar-refractivity contribution in [3.8, 4) is 0 Å². The molecule has 26 heavy (non-hydrogen) atoms. The highest BCUT2D eigenvalue weighted by molar-refractivity contribution is 7.99. The molecular weight excluding hydrogens is 360 g/mol. The third kappa shape index (κ3) is 2.74. The molecule has 0 bridgehead atoms. The number of hydrogen-bond donors (Lipinski definition) is 0. The standard InChI is InChI=1S/C22H15ClN2S/c23-17-10-11-19-20(13-17)26-21-12-16-8-4-5-9-18(16)24-22(21)25(19)14-15-6-2-1-3-7-15/h1-13H,14H2. The number of benzene rings is 3. The van der Waals surface area contributed by atoms with Crippen molar-refractivity contribution in [1.82, 2.24) is 4.98 Å². The maximum Gasteiger partial charge on any atom is 0.148 e. The fourth-order valence-corrected chi connectivity index (χ4v) is 4.68. The molecule has 126 valence electrons. The predicted octanol–water partition coefficient (Wildman–Crippen LogP) is 6.69. The van der Waals surface area contributed by atoms with Gasteiger partial charge in [0.05, 0.1) is 16.1 Å². The second-order valence-electron chi connectivity index (χ2n) is 6.29. The molecule has 4 heteroatoms. The number of aromatic nitrogens is 1. The predicted molar refractivity (Wildman–Crippen MR) is 110 cm³/mol. The Bertz CT molecular complexity index is 1110. The molecule has 1 aromatic heterocycles. The Labute approximate surface area is 161 Å². The van der Waals surface area contributed by atoms with Gasteiger partial charge >= 0.3 is 0 Å². The van der Waals surface area contributed by atoms with Crippen LogP contribution in [0.2, 0.25) is 5.02 Å². The first-order valence-corrected chi connectivity index (χ1v) is 9.66. The van der Waals surface area contributed by atoms with Gasteiger partial charge in [0.2, 0.25) is 0 Å². The van der Waals surface area contributed by atoms with E-state index in [4.69, 9.17) is 16.6 Å². The average Bonchev–Trinajstić information content (AvgIpc) is 2.67. The zero-order valence-electron chi connectivity index (χ0n) is 13.9. The van der Waals surface area contributed by atoms with Crippen LogP contribution >= 0.6 is 23.4 Å². The monoisotopic (exact) mass is 374 g/mol. The molecule has 0 saturated heterocycles. The summed E-state index contributed by atoms with van der Waals surface area (Å²) in [6.45, 7) is 0.772. The van der Waals surface area contributed by atoms with Crippen LogP contribution in [0.15, 0.2) is 88.7 Å². The van der Waals surface area contributed by atoms with Gasteiger partial charge < -0.3 is 4.90 Å². The van der Waals surface area contributed by atoms with Crippen LogP contribution in [0.3, 0.4) is 0 Å². The SMILES string of the molecule is Clc1ccc2c(c1)Sc1cc3ccccc3nc1N2Cc1ccccc1. The van der Waals surface area contributed by atoms with Crippen molar-refractivity contribution in [2.45, 2.75) is 16.3 Å². The minimum atomic E-state index is 0.758. The lowest BCUT2D eigenvalue weighted by Gasteiger charge is -2.32. The summed E-state index contributed by atoms with van der Waals surface area (Å²) >= 11 is 8.00. The fraction of sp³-hybridized carbons (Fsp3) is 0.0455. The topological polar surface area (TPSA) is 16.1 Å². The highest BCUT2D eigenvalue weighted by Crippen LogP contribution is 2.49. The molecule has 0 radical (unpaired) electrons. The second kappa shape index (κ2) is 6.35. The minimum Gasteiger partial charge on any atom is -0.320 e. The second-order valence-corrected chi connectivity index (χ2v) is 7.81. The van der Waals surface area contributed by atoms with E-state index in [1.807, 2.05) is 24.3 Å². The van der Waals surface area contributed by atoms with Gasteiger partial charge in [-0.05, 0) is 35.9 Å². The summed E-state index contributed by atoms with van der Waals surface area (Å²) in [5.41, 5.74) is 3.42. The molecule has 0 unspecified atom stereocenters. The zero-order valence-corrected chi connectivity index (χ0v) is 15.5. The van der Waals surface area contributed by atoms with Gasteiger partial charge in [0, 0.05) is 21.8 Å². The van der Waals surface area contributed by atoms with Crippen LogP contribution in [0.4, 0.5) is 11.5 Å². The number of rotatable bonds is 2. The summed E-state index contributed by atoms with van der Waals surface area (Å²) in [5, 5.41) is 1.91. The molecule has 5 rings (SSSR count). The molecule has 3 aromatic carbocycles. The molecule has 0 atom stereocenters. The highest BCUT2D eigenvalue weighted by atomic mass is 35.5. The lowest BCUT2D eigenvalue weighted by molar-refractivity contribution is 0.914. The summed E-state index contributed by atoms with van der Waals surface area (Å²) in [7, 11) is 0. The van der Waals surface area contributed by atoms with Crippen LogP contribution in [0.5, 0.6) is 0 Å². The largest absolute Gasteiger partial charge is 0.320 e. The molecule has 2 nitrogen and oxygen atoms in total. The first kappa shape index (κ1) is 15.7. The lowest BCUT2D eigenvalue weighted by atomic mass is 10.1. The van der Waals surface area contributed by atoms with Crippen molar-refractivity contribution >= 4 is 45.8 Å². The molecular formula is C22H15ClN2S. The number of fused-ring (bicyclic) bond motifs is 3. The molecule has 2 heterocycles. The first-order valence-electron chi connectivity index (χ1n) is 8.46. The molecule has 1 aliphatic rings. The van der Waals surface area contributed by atoms with E-state index >= 15 is 0 Å². The van der Waals surface area contributed by atoms with E-state index in [1.165, 1.54) is 5.56 Å². The lowest BCUT2D eigenvalue weighted by Crippen LogP contribution is -2.21. The molecule has 1 aliphatic heterocycles. The van der Waals surface area contributed by atoms with Crippen molar-refractivity contribution in [3.05, 3.63) is 89.4 Å². The zero-order chi connectivity index (χ0) is 17.5. The smallest absolute Gasteiger partial charge is 0.148 e. The van der Waals surface area contributed by atoms with Gasteiger partial charge in [-0.3, -0.25) is 0 Å². The Morgan fingerprint density at radius 3 is 2.54 bits per heavy atom. The van der Waals surface area contributed by atoms with Crippen LogP contribution in [0.1, 0.15) is 5.56 Å². The summed E-state index contributed by atoms with van der Waals surface area (Å²) in [4.78, 5) is 9.60. The van der Waals surface area contributed by atoms with Crippen molar-refractivity contribution in [2.75, 3.05) is 4.90 Å². The Kier molecular flexibility index (Phi) is 3.84. The van der Waals surface area contributed by atoms with Crippen molar-refractivity contribution < 1.29 is 0 Å². The van der Waals surface area contributed by atoms with Gasteiger partial charge in [-0.15, -0.1) is 0 Å². The van der Waals surface area contributed by atoms with Gasteiger partial charge in [0.15, 0.2) is 0 Å². The fourth-order valence-electron chi connectivity index (χ4n) is 3.31. The molecule has 0 aliphatic carbocycles. The van der Waals surface area contributed by atoms with Crippen LogP contribution in [0.25, 0.3) is 10.9 Å².